The highest BCUT2D eigenvalue weighted by atomic mass is 32.1. The van der Waals surface area contributed by atoms with E-state index in [-0.39, 0.29) is 5.82 Å². The van der Waals surface area contributed by atoms with Gasteiger partial charge in [-0.1, -0.05) is 0 Å². The van der Waals surface area contributed by atoms with Gasteiger partial charge in [0.15, 0.2) is 5.13 Å². The Morgan fingerprint density at radius 2 is 1.91 bits per heavy atom. The van der Waals surface area contributed by atoms with Crippen LogP contribution in [0.5, 0.6) is 5.75 Å². The van der Waals surface area contributed by atoms with Gasteiger partial charge in [0.2, 0.25) is 0 Å². The Labute approximate surface area is 139 Å². The van der Waals surface area contributed by atoms with E-state index >= 15 is 0 Å². The molecule has 1 aromatic heterocycles. The fourth-order valence-electron chi connectivity index (χ4n) is 2.83. The van der Waals surface area contributed by atoms with Gasteiger partial charge in [-0.3, -0.25) is 9.80 Å². The molecule has 3 rings (SSSR count). The normalized spacial score (nSPS) is 16.6. The molecule has 0 bridgehead atoms. The molecule has 1 aliphatic rings. The lowest BCUT2D eigenvalue weighted by molar-refractivity contribution is 0.122. The topological polar surface area (TPSA) is 54.6 Å². The second-order valence-electron chi connectivity index (χ2n) is 5.67. The Morgan fingerprint density at radius 1 is 1.22 bits per heavy atom. The molecule has 0 amide bonds. The van der Waals surface area contributed by atoms with Gasteiger partial charge in [-0.25, -0.2) is 9.37 Å². The van der Waals surface area contributed by atoms with Gasteiger partial charge in [0, 0.05) is 55.9 Å². The summed E-state index contributed by atoms with van der Waals surface area (Å²) >= 11 is 1.54. The standard InChI is InChI=1S/C16H21FN4OS/c1-22-15-3-2-13(17)8-12(15)10-20-4-6-21(7-5-20)11-14-9-19-16(18)23-14/h2-3,8-9H,4-7,10-11H2,1H3,(H2,18,19). The van der Waals surface area contributed by atoms with Crippen molar-refractivity contribution < 1.29 is 9.13 Å². The summed E-state index contributed by atoms with van der Waals surface area (Å²) in [6.45, 7) is 5.47. The average molecular weight is 336 g/mol. The number of hydrogen-bond acceptors (Lipinski definition) is 6. The molecule has 124 valence electrons. The van der Waals surface area contributed by atoms with Crippen molar-refractivity contribution in [3.05, 3.63) is 40.7 Å². The number of aromatic nitrogens is 1. The summed E-state index contributed by atoms with van der Waals surface area (Å²) in [6.07, 6.45) is 1.85. The maximum atomic E-state index is 13.4. The molecule has 0 spiro atoms. The molecule has 23 heavy (non-hydrogen) atoms. The van der Waals surface area contributed by atoms with E-state index in [1.807, 2.05) is 6.20 Å². The van der Waals surface area contributed by atoms with Crippen molar-refractivity contribution in [2.24, 2.45) is 0 Å². The summed E-state index contributed by atoms with van der Waals surface area (Å²) in [6, 6.07) is 4.68. The Balaban J connectivity index is 1.54. The van der Waals surface area contributed by atoms with E-state index in [2.05, 4.69) is 14.8 Å². The van der Waals surface area contributed by atoms with Crippen LogP contribution in [0.4, 0.5) is 9.52 Å². The third-order valence-corrected chi connectivity index (χ3v) is 4.86. The lowest BCUT2D eigenvalue weighted by Crippen LogP contribution is -2.45. The molecular formula is C16H21FN4OS. The number of nitrogens with two attached hydrogens (primary N) is 1. The predicted octanol–water partition coefficient (Wildman–Crippen LogP) is 2.19. The third-order valence-electron chi connectivity index (χ3n) is 4.05. The highest BCUT2D eigenvalue weighted by Gasteiger charge is 2.19. The van der Waals surface area contributed by atoms with Crippen LogP contribution in [-0.2, 0) is 13.1 Å². The number of rotatable bonds is 5. The van der Waals surface area contributed by atoms with E-state index in [4.69, 9.17) is 10.5 Å². The highest BCUT2D eigenvalue weighted by Crippen LogP contribution is 2.22. The van der Waals surface area contributed by atoms with Crippen molar-refractivity contribution >= 4 is 16.5 Å². The lowest BCUT2D eigenvalue weighted by Gasteiger charge is -2.34. The van der Waals surface area contributed by atoms with Crippen molar-refractivity contribution in [3.8, 4) is 5.75 Å². The van der Waals surface area contributed by atoms with E-state index in [1.165, 1.54) is 10.9 Å². The number of ether oxygens (including phenoxy) is 1. The quantitative estimate of drug-likeness (QED) is 0.907. The van der Waals surface area contributed by atoms with Gasteiger partial charge in [0.25, 0.3) is 0 Å². The zero-order valence-electron chi connectivity index (χ0n) is 13.2. The van der Waals surface area contributed by atoms with E-state index in [9.17, 15) is 4.39 Å². The van der Waals surface area contributed by atoms with Crippen molar-refractivity contribution in [2.45, 2.75) is 13.1 Å². The van der Waals surface area contributed by atoms with E-state index in [1.54, 1.807) is 30.6 Å². The number of halogens is 1. The molecule has 0 atom stereocenters. The van der Waals surface area contributed by atoms with Crippen LogP contribution >= 0.6 is 11.3 Å². The minimum atomic E-state index is -0.220. The van der Waals surface area contributed by atoms with Gasteiger partial charge < -0.3 is 10.5 Å². The maximum Gasteiger partial charge on any atom is 0.180 e. The molecule has 0 saturated carbocycles. The molecule has 0 unspecified atom stereocenters. The van der Waals surface area contributed by atoms with Gasteiger partial charge in [-0.15, -0.1) is 11.3 Å². The maximum absolute atomic E-state index is 13.4. The fraction of sp³-hybridized carbons (Fsp3) is 0.438. The van der Waals surface area contributed by atoms with Crippen LogP contribution in [0.15, 0.2) is 24.4 Å². The van der Waals surface area contributed by atoms with Crippen LogP contribution in [0, 0.1) is 5.82 Å². The summed E-state index contributed by atoms with van der Waals surface area (Å²) in [5.41, 5.74) is 6.57. The fourth-order valence-corrected chi connectivity index (χ4v) is 3.56. The largest absolute Gasteiger partial charge is 0.496 e. The van der Waals surface area contributed by atoms with Gasteiger partial charge in [0.05, 0.1) is 7.11 Å². The minimum absolute atomic E-state index is 0.220. The van der Waals surface area contributed by atoms with Gasteiger partial charge in [0.1, 0.15) is 11.6 Å². The molecule has 1 fully saturated rings. The highest BCUT2D eigenvalue weighted by molar-refractivity contribution is 7.15. The molecule has 2 N–H and O–H groups in total. The summed E-state index contributed by atoms with van der Waals surface area (Å²) in [4.78, 5) is 10.0. The zero-order valence-corrected chi connectivity index (χ0v) is 14.0. The van der Waals surface area contributed by atoms with E-state index in [0.717, 1.165) is 44.0 Å². The summed E-state index contributed by atoms with van der Waals surface area (Å²) in [5.74, 6) is 0.524. The first-order valence-electron chi connectivity index (χ1n) is 7.61. The Bertz CT molecular complexity index is 655. The molecule has 1 saturated heterocycles. The lowest BCUT2D eigenvalue weighted by atomic mass is 10.1. The van der Waals surface area contributed by atoms with Crippen molar-refractivity contribution in [2.75, 3.05) is 39.0 Å². The summed E-state index contributed by atoms with van der Waals surface area (Å²) in [5, 5.41) is 0.622. The summed E-state index contributed by atoms with van der Waals surface area (Å²) in [7, 11) is 1.62. The van der Waals surface area contributed by atoms with Crippen molar-refractivity contribution in [3.63, 3.8) is 0 Å². The van der Waals surface area contributed by atoms with Crippen LogP contribution in [0.25, 0.3) is 0 Å². The number of thiazole rings is 1. The number of benzene rings is 1. The molecule has 1 aliphatic heterocycles. The van der Waals surface area contributed by atoms with Gasteiger partial charge in [-0.2, -0.15) is 0 Å². The third kappa shape index (κ3) is 4.19. The van der Waals surface area contributed by atoms with Crippen LogP contribution < -0.4 is 10.5 Å². The number of piperazine rings is 1. The van der Waals surface area contributed by atoms with Gasteiger partial charge in [-0.05, 0) is 18.2 Å². The van der Waals surface area contributed by atoms with Crippen LogP contribution in [0.2, 0.25) is 0 Å². The molecule has 0 radical (unpaired) electrons. The molecule has 1 aromatic carbocycles. The first-order valence-corrected chi connectivity index (χ1v) is 8.43. The first-order chi connectivity index (χ1) is 11.1. The second-order valence-corrected chi connectivity index (χ2v) is 6.82. The molecule has 2 heterocycles. The minimum Gasteiger partial charge on any atom is -0.496 e. The SMILES string of the molecule is COc1ccc(F)cc1CN1CCN(Cc2cnc(N)s2)CC1. The smallest absolute Gasteiger partial charge is 0.180 e. The molecule has 0 aliphatic carbocycles. The Morgan fingerprint density at radius 3 is 2.52 bits per heavy atom. The summed E-state index contributed by atoms with van der Waals surface area (Å²) < 4.78 is 18.8. The molecule has 5 nitrogen and oxygen atoms in total. The van der Waals surface area contributed by atoms with Crippen molar-refractivity contribution in [1.29, 1.82) is 0 Å². The zero-order chi connectivity index (χ0) is 16.2. The predicted molar refractivity (Wildman–Crippen MR) is 90.0 cm³/mol. The molecule has 7 heteroatoms. The number of hydrogen-bond donors (Lipinski definition) is 1. The van der Waals surface area contributed by atoms with Crippen molar-refractivity contribution in [1.82, 2.24) is 14.8 Å². The monoisotopic (exact) mass is 336 g/mol. The van der Waals surface area contributed by atoms with Gasteiger partial charge >= 0.3 is 0 Å². The average Bonchev–Trinajstić information content (AvgIpc) is 2.95. The second kappa shape index (κ2) is 7.25. The Hall–Kier alpha value is -1.70. The van der Waals surface area contributed by atoms with Crippen LogP contribution in [0.3, 0.4) is 0 Å². The molecule has 2 aromatic rings. The van der Waals surface area contributed by atoms with Crippen LogP contribution in [-0.4, -0.2) is 48.1 Å². The molecular weight excluding hydrogens is 315 g/mol. The number of nitrogen functional groups attached to an aromatic ring is 1. The van der Waals surface area contributed by atoms with Crippen LogP contribution in [0.1, 0.15) is 10.4 Å². The first kappa shape index (κ1) is 16.2. The number of nitrogens with zero attached hydrogens (tertiary/aromatic N) is 3. The number of anilines is 1. The Kier molecular flexibility index (Phi) is 5.09. The number of methoxy groups -OCH3 is 1. The van der Waals surface area contributed by atoms with E-state index < -0.39 is 0 Å². The van der Waals surface area contributed by atoms with E-state index in [0.29, 0.717) is 11.7 Å².